The minimum Gasteiger partial charge on any atom is -0.481 e. The maximum atomic E-state index is 14.3. The zero-order chi connectivity index (χ0) is 27.0. The van der Waals surface area contributed by atoms with E-state index in [2.05, 4.69) is 9.72 Å². The summed E-state index contributed by atoms with van der Waals surface area (Å²) < 4.78 is 57.4. The molecule has 1 aromatic carbocycles. The number of halogens is 4. The zero-order valence-corrected chi connectivity index (χ0v) is 20.4. The number of alkyl halides is 3. The van der Waals surface area contributed by atoms with E-state index in [0.717, 1.165) is 28.8 Å². The molecule has 1 aliphatic heterocycles. The van der Waals surface area contributed by atoms with Crippen LogP contribution in [0.25, 0.3) is 11.0 Å². The molecule has 198 valence electrons. The van der Waals surface area contributed by atoms with Crippen molar-refractivity contribution in [1.29, 1.82) is 0 Å². The summed E-state index contributed by atoms with van der Waals surface area (Å²) >= 11 is 0. The van der Waals surface area contributed by atoms with E-state index in [9.17, 15) is 32.3 Å². The molecule has 1 aliphatic rings. The van der Waals surface area contributed by atoms with E-state index in [1.165, 1.54) is 6.07 Å². The van der Waals surface area contributed by atoms with Gasteiger partial charge in [0.25, 0.3) is 0 Å². The van der Waals surface area contributed by atoms with Crippen LogP contribution >= 0.6 is 0 Å². The summed E-state index contributed by atoms with van der Waals surface area (Å²) in [5.41, 5.74) is 1.99. The Labute approximate surface area is 210 Å². The predicted octanol–water partition coefficient (Wildman–Crippen LogP) is 5.29. The van der Waals surface area contributed by atoms with Crippen molar-refractivity contribution in [3.8, 4) is 5.75 Å². The highest BCUT2D eigenvalue weighted by atomic mass is 19.4. The largest absolute Gasteiger partial charge is 0.573 e. The van der Waals surface area contributed by atoms with Crippen LogP contribution in [0.1, 0.15) is 49.9 Å². The van der Waals surface area contributed by atoms with Crippen LogP contribution in [-0.4, -0.2) is 44.3 Å². The molecule has 0 unspecified atom stereocenters. The van der Waals surface area contributed by atoms with Crippen LogP contribution in [0.5, 0.6) is 5.75 Å². The number of ether oxygens (including phenoxy) is 1. The molecule has 11 heteroatoms. The Kier molecular flexibility index (Phi) is 7.16. The monoisotopic (exact) mass is 521 g/mol. The van der Waals surface area contributed by atoms with Crippen molar-refractivity contribution in [2.45, 2.75) is 59.0 Å². The molecule has 37 heavy (non-hydrogen) atoms. The number of carbonyl (C=O) groups excluding carboxylic acids is 1. The Morgan fingerprint density at radius 2 is 1.95 bits per heavy atom. The van der Waals surface area contributed by atoms with Crippen molar-refractivity contribution in [1.82, 2.24) is 14.5 Å². The van der Waals surface area contributed by atoms with Gasteiger partial charge in [0.1, 0.15) is 5.65 Å². The molecule has 7 nitrogen and oxygen atoms in total. The first-order valence-electron chi connectivity index (χ1n) is 11.9. The molecule has 0 aliphatic carbocycles. The fraction of sp³-hybridized carbons (Fsp3) is 0.423. The van der Waals surface area contributed by atoms with Crippen molar-refractivity contribution in [2.24, 2.45) is 5.41 Å². The molecule has 2 aromatic heterocycles. The molecule has 1 amide bonds. The van der Waals surface area contributed by atoms with Crippen molar-refractivity contribution < 1.29 is 37.0 Å². The minimum atomic E-state index is -5.00. The SMILES string of the molecule is CC(C)(CCCC(=O)N1CCc2c(n(Cc3ccc(OC(F)(F)F)c(F)c3)c3ncccc23)C1)C(=O)O. The molecule has 0 bridgehead atoms. The highest BCUT2D eigenvalue weighted by molar-refractivity contribution is 5.84. The van der Waals surface area contributed by atoms with E-state index in [-0.39, 0.29) is 18.9 Å². The Morgan fingerprint density at radius 1 is 1.19 bits per heavy atom. The smallest absolute Gasteiger partial charge is 0.481 e. The lowest BCUT2D eigenvalue weighted by atomic mass is 9.87. The second-order valence-electron chi connectivity index (χ2n) is 9.81. The second kappa shape index (κ2) is 10.0. The second-order valence-corrected chi connectivity index (χ2v) is 9.81. The van der Waals surface area contributed by atoms with Gasteiger partial charge in [-0.2, -0.15) is 0 Å². The van der Waals surface area contributed by atoms with Gasteiger partial charge in [-0.25, -0.2) is 9.37 Å². The van der Waals surface area contributed by atoms with E-state index in [4.69, 9.17) is 0 Å². The molecule has 0 atom stereocenters. The van der Waals surface area contributed by atoms with Crippen LogP contribution in [0.2, 0.25) is 0 Å². The van der Waals surface area contributed by atoms with Gasteiger partial charge in [0.2, 0.25) is 5.91 Å². The van der Waals surface area contributed by atoms with Crippen molar-refractivity contribution >= 4 is 22.9 Å². The lowest BCUT2D eigenvalue weighted by molar-refractivity contribution is -0.275. The first kappa shape index (κ1) is 26.4. The number of amides is 1. The summed E-state index contributed by atoms with van der Waals surface area (Å²) in [6.07, 6.45) is -1.76. The third-order valence-corrected chi connectivity index (χ3v) is 6.70. The summed E-state index contributed by atoms with van der Waals surface area (Å²) in [4.78, 5) is 30.5. The van der Waals surface area contributed by atoms with Crippen LogP contribution in [0.4, 0.5) is 17.6 Å². The van der Waals surface area contributed by atoms with Crippen LogP contribution in [0, 0.1) is 11.2 Å². The Balaban J connectivity index is 1.56. The highest BCUT2D eigenvalue weighted by Crippen LogP contribution is 2.32. The first-order chi connectivity index (χ1) is 17.4. The number of carboxylic acid groups (broad SMARTS) is 1. The molecular formula is C26H27F4N3O4. The number of fused-ring (bicyclic) bond motifs is 3. The molecule has 0 spiro atoms. The summed E-state index contributed by atoms with van der Waals surface area (Å²) in [6, 6.07) is 7.03. The number of hydrogen-bond acceptors (Lipinski definition) is 4. The molecule has 0 fully saturated rings. The van der Waals surface area contributed by atoms with Crippen molar-refractivity contribution in [2.75, 3.05) is 6.54 Å². The van der Waals surface area contributed by atoms with Crippen LogP contribution in [0.15, 0.2) is 36.5 Å². The number of rotatable bonds is 8. The average Bonchev–Trinajstić information content (AvgIpc) is 3.13. The molecule has 0 saturated carbocycles. The third-order valence-electron chi connectivity index (χ3n) is 6.70. The molecular weight excluding hydrogens is 494 g/mol. The Hall–Kier alpha value is -3.63. The summed E-state index contributed by atoms with van der Waals surface area (Å²) in [5.74, 6) is -3.03. The number of aromatic nitrogens is 2. The number of pyridine rings is 1. The van der Waals surface area contributed by atoms with E-state index < -0.39 is 29.3 Å². The van der Waals surface area contributed by atoms with Crippen LogP contribution in [-0.2, 0) is 29.1 Å². The third kappa shape index (κ3) is 5.86. The maximum absolute atomic E-state index is 14.3. The Morgan fingerprint density at radius 3 is 2.62 bits per heavy atom. The van der Waals surface area contributed by atoms with Gasteiger partial charge in [0.05, 0.1) is 12.0 Å². The highest BCUT2D eigenvalue weighted by Gasteiger charge is 2.33. The van der Waals surface area contributed by atoms with Gasteiger partial charge in [-0.1, -0.05) is 6.07 Å². The van der Waals surface area contributed by atoms with Gasteiger partial charge in [0.15, 0.2) is 11.6 Å². The van der Waals surface area contributed by atoms with Crippen molar-refractivity contribution in [3.05, 3.63) is 59.2 Å². The number of carboxylic acids is 1. The van der Waals surface area contributed by atoms with E-state index in [1.54, 1.807) is 31.0 Å². The minimum absolute atomic E-state index is 0.0868. The summed E-state index contributed by atoms with van der Waals surface area (Å²) in [7, 11) is 0. The van der Waals surface area contributed by atoms with Gasteiger partial charge >= 0.3 is 12.3 Å². The number of nitrogens with zero attached hydrogens (tertiary/aromatic N) is 3. The lowest BCUT2D eigenvalue weighted by Gasteiger charge is -2.29. The average molecular weight is 522 g/mol. The van der Waals surface area contributed by atoms with Gasteiger partial charge < -0.3 is 19.3 Å². The van der Waals surface area contributed by atoms with Gasteiger partial charge in [-0.3, -0.25) is 9.59 Å². The fourth-order valence-corrected chi connectivity index (χ4v) is 4.62. The molecule has 1 N–H and O–H groups in total. The number of aliphatic carboxylic acids is 1. The summed E-state index contributed by atoms with van der Waals surface area (Å²) in [6.45, 7) is 4.19. The predicted molar refractivity (Wildman–Crippen MR) is 126 cm³/mol. The molecule has 3 heterocycles. The fourth-order valence-electron chi connectivity index (χ4n) is 4.62. The number of carbonyl (C=O) groups is 2. The van der Waals surface area contributed by atoms with Gasteiger partial charge in [-0.05, 0) is 68.5 Å². The maximum Gasteiger partial charge on any atom is 0.573 e. The topological polar surface area (TPSA) is 84.7 Å². The quantitative estimate of drug-likeness (QED) is 0.408. The lowest BCUT2D eigenvalue weighted by Crippen LogP contribution is -2.36. The van der Waals surface area contributed by atoms with Gasteiger partial charge in [0, 0.05) is 36.8 Å². The molecule has 3 aromatic rings. The van der Waals surface area contributed by atoms with Gasteiger partial charge in [-0.15, -0.1) is 13.2 Å². The van der Waals surface area contributed by atoms with E-state index in [1.807, 2.05) is 10.6 Å². The zero-order valence-electron chi connectivity index (χ0n) is 20.4. The first-order valence-corrected chi connectivity index (χ1v) is 11.9. The summed E-state index contributed by atoms with van der Waals surface area (Å²) in [5, 5.41) is 10.2. The Bertz CT molecular complexity index is 1330. The van der Waals surface area contributed by atoms with E-state index >= 15 is 0 Å². The normalized spacial score (nSPS) is 14.1. The van der Waals surface area contributed by atoms with Crippen LogP contribution in [0.3, 0.4) is 0 Å². The number of benzene rings is 1. The van der Waals surface area contributed by atoms with E-state index in [0.29, 0.717) is 43.6 Å². The molecule has 0 radical (unpaired) electrons. The van der Waals surface area contributed by atoms with Crippen molar-refractivity contribution in [3.63, 3.8) is 0 Å². The number of hydrogen-bond donors (Lipinski definition) is 1. The molecule has 0 saturated heterocycles. The van der Waals surface area contributed by atoms with Crippen LogP contribution < -0.4 is 4.74 Å². The molecule has 4 rings (SSSR count). The standard InChI is InChI=1S/C26H27F4N3O4/c1-25(2,24(35)36)10-3-6-22(34)32-12-9-17-18-5-4-11-31-23(18)33(20(17)15-32)14-16-7-8-21(19(27)13-16)37-26(28,29)30/h4-5,7-8,11,13H,3,6,9-10,12,14-15H2,1-2H3,(H,35,36).